The summed E-state index contributed by atoms with van der Waals surface area (Å²) in [6.45, 7) is 21.0. The summed E-state index contributed by atoms with van der Waals surface area (Å²) in [5.41, 5.74) is -1.63. The fourth-order valence-corrected chi connectivity index (χ4v) is 8.31. The first kappa shape index (κ1) is 44.4. The van der Waals surface area contributed by atoms with Crippen LogP contribution in [0.15, 0.2) is 41.8 Å². The zero-order chi connectivity index (χ0) is 41.0. The summed E-state index contributed by atoms with van der Waals surface area (Å²) in [4.78, 5) is 69.7. The number of rotatable bonds is 17. The summed E-state index contributed by atoms with van der Waals surface area (Å²) in [5.74, 6) is -2.18. The number of ether oxygens (including phenoxy) is 1. The van der Waals surface area contributed by atoms with E-state index >= 15 is 0 Å². The highest BCUT2D eigenvalue weighted by Crippen LogP contribution is 2.65. The van der Waals surface area contributed by atoms with Gasteiger partial charge in [-0.25, -0.2) is 13.2 Å². The van der Waals surface area contributed by atoms with Gasteiger partial charge in [0.1, 0.15) is 17.8 Å². The molecule has 15 heteroatoms. The number of piperidine rings is 1. The molecular formula is C39H62N6O8S. The van der Waals surface area contributed by atoms with E-state index in [0.717, 1.165) is 6.42 Å². The van der Waals surface area contributed by atoms with Crippen LogP contribution >= 0.6 is 0 Å². The molecule has 302 valence electrons. The van der Waals surface area contributed by atoms with E-state index in [4.69, 9.17) is 4.74 Å². The lowest BCUT2D eigenvalue weighted by Crippen LogP contribution is -2.62. The van der Waals surface area contributed by atoms with Crippen LogP contribution < -0.4 is 26.0 Å². The second-order valence-electron chi connectivity index (χ2n) is 17.3. The minimum atomic E-state index is -3.92. The number of carbonyl (C=O) groups excluding carboxylic acids is 5. The molecule has 0 aromatic heterocycles. The average Bonchev–Trinajstić information content (AvgIpc) is 3.39. The third-order valence-electron chi connectivity index (χ3n) is 10.8. The number of methoxy groups -OCH3 is 1. The van der Waals surface area contributed by atoms with Gasteiger partial charge >= 0.3 is 6.03 Å². The number of hydrogen-bond acceptors (Lipinski definition) is 8. The zero-order valence-electron chi connectivity index (χ0n) is 33.9. The Balaban J connectivity index is 1.83. The van der Waals surface area contributed by atoms with Crippen LogP contribution in [-0.2, 0) is 29.2 Å². The predicted molar refractivity (Wildman–Crippen MR) is 207 cm³/mol. The monoisotopic (exact) mass is 774 g/mol. The maximum atomic E-state index is 14.5. The van der Waals surface area contributed by atoms with Gasteiger partial charge in [0.15, 0.2) is 0 Å². The van der Waals surface area contributed by atoms with Crippen molar-refractivity contribution in [2.45, 2.75) is 111 Å². The second kappa shape index (κ2) is 17.2. The molecule has 1 saturated heterocycles. The standard InChI is InChI=1S/C39H62N6O8S/c1-13-15-16-27(31(46)34(48)40-21-14-2)41-33(47)30-29-26(39(29,9)10)22-45(30)35(49)32(38(6,7)8)43-36(50)42-28(37(3,4)5)23-44(11)54(51,52)25-19-17-24(53-12)18-20-25/h14,17-20,26-30,32H,2,13,15-16,21-23H2,1,3-12H3,(H,40,48)(H,41,47)(H2,42,43,50)/t26-,27?,28+,29-,30-,32+/m0/s1. The molecule has 3 rings (SSSR count). The number of nitrogens with zero attached hydrogens (tertiary/aromatic N) is 2. The van der Waals surface area contributed by atoms with E-state index in [2.05, 4.69) is 27.8 Å². The number of amides is 5. The van der Waals surface area contributed by atoms with Crippen molar-refractivity contribution in [2.24, 2.45) is 28.1 Å². The molecule has 0 spiro atoms. The normalized spacial score (nSPS) is 20.9. The first-order chi connectivity index (χ1) is 24.9. The molecule has 1 aliphatic heterocycles. The van der Waals surface area contributed by atoms with Crippen LogP contribution in [0.25, 0.3) is 0 Å². The Kier molecular flexibility index (Phi) is 14.2. The van der Waals surface area contributed by atoms with E-state index < -0.39 is 74.6 Å². The van der Waals surface area contributed by atoms with Gasteiger partial charge in [-0.1, -0.05) is 81.2 Å². The number of hydrogen-bond donors (Lipinski definition) is 4. The summed E-state index contributed by atoms with van der Waals surface area (Å²) < 4.78 is 33.2. The van der Waals surface area contributed by atoms with E-state index in [1.54, 1.807) is 12.1 Å². The first-order valence-corrected chi connectivity index (χ1v) is 20.1. The van der Waals surface area contributed by atoms with Gasteiger partial charge in [0.2, 0.25) is 27.6 Å². The van der Waals surface area contributed by atoms with E-state index in [1.165, 1.54) is 41.6 Å². The minimum absolute atomic E-state index is 0.0285. The number of Topliss-reactive ketones (excluding diaryl/α,β-unsaturated/α-hetero) is 1. The number of nitrogens with one attached hydrogen (secondary N) is 4. The first-order valence-electron chi connectivity index (χ1n) is 18.6. The Morgan fingerprint density at radius 1 is 1.02 bits per heavy atom. The predicted octanol–water partition coefficient (Wildman–Crippen LogP) is 3.47. The van der Waals surface area contributed by atoms with Crippen LogP contribution in [0.4, 0.5) is 4.79 Å². The molecule has 1 saturated carbocycles. The van der Waals surface area contributed by atoms with Crippen LogP contribution in [-0.4, -0.2) is 105 Å². The molecule has 2 aliphatic rings. The van der Waals surface area contributed by atoms with Crippen LogP contribution in [0.5, 0.6) is 5.75 Å². The summed E-state index contributed by atoms with van der Waals surface area (Å²) in [6, 6.07) is 1.64. The van der Waals surface area contributed by atoms with E-state index in [9.17, 15) is 32.4 Å². The van der Waals surface area contributed by atoms with Crippen molar-refractivity contribution in [3.8, 4) is 5.75 Å². The van der Waals surface area contributed by atoms with Gasteiger partial charge in [0, 0.05) is 32.7 Å². The van der Waals surface area contributed by atoms with Crippen LogP contribution in [0.1, 0.15) is 81.6 Å². The lowest BCUT2D eigenvalue weighted by atomic mass is 9.85. The Hall–Kier alpha value is -3.98. The van der Waals surface area contributed by atoms with Crippen molar-refractivity contribution >= 4 is 39.6 Å². The molecule has 1 aromatic rings. The van der Waals surface area contributed by atoms with Crippen LogP contribution in [0.2, 0.25) is 0 Å². The minimum Gasteiger partial charge on any atom is -0.497 e. The molecule has 4 N–H and O–H groups in total. The van der Waals surface area contributed by atoms with Gasteiger partial charge in [-0.05, 0) is 58.8 Å². The number of carbonyl (C=O) groups is 5. The lowest BCUT2D eigenvalue weighted by Gasteiger charge is -2.39. The van der Waals surface area contributed by atoms with Crippen molar-refractivity contribution in [2.75, 3.05) is 33.8 Å². The number of sulfonamides is 1. The van der Waals surface area contributed by atoms with Crippen molar-refractivity contribution in [3.05, 3.63) is 36.9 Å². The molecule has 1 aliphatic carbocycles. The Morgan fingerprint density at radius 2 is 1.63 bits per heavy atom. The zero-order valence-corrected chi connectivity index (χ0v) is 34.7. The highest BCUT2D eigenvalue weighted by Gasteiger charge is 2.70. The topological polar surface area (TPSA) is 183 Å². The molecule has 1 aromatic carbocycles. The highest BCUT2D eigenvalue weighted by molar-refractivity contribution is 7.89. The number of ketones is 1. The van der Waals surface area contributed by atoms with Crippen LogP contribution in [0, 0.1) is 28.1 Å². The molecule has 1 unspecified atom stereocenters. The fourth-order valence-electron chi connectivity index (χ4n) is 7.12. The van der Waals surface area contributed by atoms with Gasteiger partial charge in [0.25, 0.3) is 5.91 Å². The van der Waals surface area contributed by atoms with Crippen molar-refractivity contribution in [1.29, 1.82) is 0 Å². The molecule has 1 heterocycles. The number of urea groups is 1. The van der Waals surface area contributed by atoms with E-state index in [0.29, 0.717) is 12.2 Å². The third kappa shape index (κ3) is 10.2. The van der Waals surface area contributed by atoms with E-state index in [1.807, 2.05) is 62.3 Å². The number of likely N-dealkylation sites (tertiary alicyclic amines) is 1. The summed E-state index contributed by atoms with van der Waals surface area (Å²) in [5, 5.41) is 11.1. The van der Waals surface area contributed by atoms with E-state index in [-0.39, 0.29) is 48.2 Å². The molecule has 2 fully saturated rings. The summed E-state index contributed by atoms with van der Waals surface area (Å²) >= 11 is 0. The SMILES string of the molecule is C=CCNC(=O)C(=O)C(CCCC)NC(=O)[C@@H]1[C@@H]2[C@H](CN1C(=O)[C@@H](NC(=O)N[C@H](CN(C)S(=O)(=O)c1ccc(OC)cc1)C(C)(C)C)C(C)(C)C)C2(C)C. The van der Waals surface area contributed by atoms with Gasteiger partial charge in [-0.15, -0.1) is 6.58 Å². The molecule has 54 heavy (non-hydrogen) atoms. The maximum Gasteiger partial charge on any atom is 0.315 e. The molecule has 14 nitrogen and oxygen atoms in total. The molecular weight excluding hydrogens is 713 g/mol. The van der Waals surface area contributed by atoms with Gasteiger partial charge in [-0.3, -0.25) is 19.2 Å². The van der Waals surface area contributed by atoms with Gasteiger partial charge < -0.3 is 30.9 Å². The lowest BCUT2D eigenvalue weighted by molar-refractivity contribution is -0.145. The number of likely N-dealkylation sites (N-methyl/N-ethyl adjacent to an activating group) is 1. The molecule has 0 bridgehead atoms. The fraction of sp³-hybridized carbons (Fsp3) is 0.667. The Labute approximate surface area is 321 Å². The largest absolute Gasteiger partial charge is 0.497 e. The Morgan fingerprint density at radius 3 is 2.15 bits per heavy atom. The summed E-state index contributed by atoms with van der Waals surface area (Å²) in [6.07, 6.45) is 3.06. The number of benzene rings is 1. The number of unbranched alkanes of at least 4 members (excludes halogenated alkanes) is 1. The van der Waals surface area contributed by atoms with Gasteiger partial charge in [-0.2, -0.15) is 4.31 Å². The molecule has 0 radical (unpaired) electrons. The smallest absolute Gasteiger partial charge is 0.315 e. The van der Waals surface area contributed by atoms with Crippen molar-refractivity contribution in [3.63, 3.8) is 0 Å². The molecule has 5 amide bonds. The van der Waals surface area contributed by atoms with Crippen molar-refractivity contribution < 1.29 is 37.1 Å². The summed E-state index contributed by atoms with van der Waals surface area (Å²) in [7, 11) is -0.985. The maximum absolute atomic E-state index is 14.5. The Bertz CT molecular complexity index is 1660. The highest BCUT2D eigenvalue weighted by atomic mass is 32.2. The van der Waals surface area contributed by atoms with Crippen LogP contribution in [0.3, 0.4) is 0 Å². The van der Waals surface area contributed by atoms with Gasteiger partial charge in [0.05, 0.1) is 18.0 Å². The van der Waals surface area contributed by atoms with Crippen molar-refractivity contribution in [1.82, 2.24) is 30.5 Å². The second-order valence-corrected chi connectivity index (χ2v) is 19.3. The third-order valence-corrected chi connectivity index (χ3v) is 12.7. The quantitative estimate of drug-likeness (QED) is 0.137. The average molecular weight is 775 g/mol. The number of fused-ring (bicyclic) bond motifs is 1. The molecule has 6 atom stereocenters.